The molecule has 0 atom stereocenters. The maximum absolute atomic E-state index is 12.1. The molecule has 0 aromatic heterocycles. The van der Waals surface area contributed by atoms with Crippen molar-refractivity contribution >= 4 is 55.2 Å². The fourth-order valence-electron chi connectivity index (χ4n) is 1.75. The molecule has 1 amide bonds. The normalized spacial score (nSPS) is 10.1. The molecule has 23 heavy (non-hydrogen) atoms. The Morgan fingerprint density at radius 2 is 1.74 bits per heavy atom. The standard InChI is InChI=1S/C15H12Br2ClNO4/c1-21-13-7-14(22-2)11(6-10(13)18)19-15(20)23-12-4-3-8(16)5-9(12)17/h3-7H,1-2H3,(H,19,20). The van der Waals surface area contributed by atoms with Crippen LogP contribution in [0.3, 0.4) is 0 Å². The summed E-state index contributed by atoms with van der Waals surface area (Å²) in [5, 5.41) is 2.93. The number of benzene rings is 2. The van der Waals surface area contributed by atoms with E-state index >= 15 is 0 Å². The van der Waals surface area contributed by atoms with Gasteiger partial charge in [-0.15, -0.1) is 0 Å². The summed E-state index contributed by atoms with van der Waals surface area (Å²) in [6.07, 6.45) is -0.674. The first-order valence-electron chi connectivity index (χ1n) is 6.30. The third kappa shape index (κ3) is 4.53. The Morgan fingerprint density at radius 3 is 2.35 bits per heavy atom. The van der Waals surface area contributed by atoms with E-state index in [9.17, 15) is 4.79 Å². The summed E-state index contributed by atoms with van der Waals surface area (Å²) < 4.78 is 17.1. The Kier molecular flexibility index (Phi) is 6.15. The molecule has 0 aliphatic carbocycles. The molecular formula is C15H12Br2ClNO4. The van der Waals surface area contributed by atoms with E-state index in [1.54, 1.807) is 24.3 Å². The number of hydrogen-bond acceptors (Lipinski definition) is 4. The number of carbonyl (C=O) groups is 1. The Balaban J connectivity index is 2.18. The van der Waals surface area contributed by atoms with Gasteiger partial charge in [0.1, 0.15) is 17.2 Å². The Hall–Kier alpha value is -1.44. The monoisotopic (exact) mass is 463 g/mol. The number of nitrogens with one attached hydrogen (secondary N) is 1. The van der Waals surface area contributed by atoms with Gasteiger partial charge < -0.3 is 14.2 Å². The molecular weight excluding hydrogens is 453 g/mol. The second kappa shape index (κ2) is 7.90. The summed E-state index contributed by atoms with van der Waals surface area (Å²) in [6.45, 7) is 0. The smallest absolute Gasteiger partial charge is 0.417 e. The summed E-state index contributed by atoms with van der Waals surface area (Å²) >= 11 is 12.7. The highest BCUT2D eigenvalue weighted by atomic mass is 79.9. The molecule has 0 bridgehead atoms. The lowest BCUT2D eigenvalue weighted by atomic mass is 10.2. The molecule has 0 saturated carbocycles. The summed E-state index contributed by atoms with van der Waals surface area (Å²) in [7, 11) is 2.97. The largest absolute Gasteiger partial charge is 0.495 e. The van der Waals surface area contributed by atoms with Gasteiger partial charge in [0.2, 0.25) is 0 Å². The van der Waals surface area contributed by atoms with Gasteiger partial charge in [-0.1, -0.05) is 27.5 Å². The van der Waals surface area contributed by atoms with Gasteiger partial charge in [-0.05, 0) is 40.2 Å². The van der Waals surface area contributed by atoms with Gasteiger partial charge in [0, 0.05) is 10.5 Å². The minimum atomic E-state index is -0.674. The SMILES string of the molecule is COc1cc(OC)c(NC(=O)Oc2ccc(Br)cc2Br)cc1Cl. The van der Waals surface area contributed by atoms with Crippen LogP contribution in [0.1, 0.15) is 0 Å². The van der Waals surface area contributed by atoms with Crippen molar-refractivity contribution in [3.8, 4) is 17.2 Å². The van der Waals surface area contributed by atoms with E-state index in [1.165, 1.54) is 20.3 Å². The molecule has 0 aliphatic rings. The van der Waals surface area contributed by atoms with Gasteiger partial charge in [-0.25, -0.2) is 4.79 Å². The van der Waals surface area contributed by atoms with Gasteiger partial charge in [-0.2, -0.15) is 0 Å². The van der Waals surface area contributed by atoms with Gasteiger partial charge in [0.25, 0.3) is 0 Å². The number of hydrogen-bond donors (Lipinski definition) is 1. The molecule has 0 fully saturated rings. The molecule has 0 heterocycles. The van der Waals surface area contributed by atoms with Crippen LogP contribution in [0.2, 0.25) is 5.02 Å². The van der Waals surface area contributed by atoms with Crippen LogP contribution < -0.4 is 19.5 Å². The Labute approximate surface area is 155 Å². The minimum absolute atomic E-state index is 0.341. The number of amides is 1. The van der Waals surface area contributed by atoms with Crippen molar-refractivity contribution in [1.82, 2.24) is 0 Å². The van der Waals surface area contributed by atoms with E-state index in [1.807, 2.05) is 0 Å². The van der Waals surface area contributed by atoms with Crippen LogP contribution >= 0.6 is 43.5 Å². The van der Waals surface area contributed by atoms with Crippen LogP contribution in [0, 0.1) is 0 Å². The van der Waals surface area contributed by atoms with Crippen LogP contribution in [-0.2, 0) is 0 Å². The number of methoxy groups -OCH3 is 2. The van der Waals surface area contributed by atoms with E-state index in [2.05, 4.69) is 37.2 Å². The second-order valence-corrected chi connectivity index (χ2v) is 6.45. The highest BCUT2D eigenvalue weighted by Gasteiger charge is 2.14. The quantitative estimate of drug-likeness (QED) is 0.649. The molecule has 2 rings (SSSR count). The highest BCUT2D eigenvalue weighted by molar-refractivity contribution is 9.11. The third-order valence-electron chi connectivity index (χ3n) is 2.81. The van der Waals surface area contributed by atoms with Gasteiger partial charge in [-0.3, -0.25) is 5.32 Å². The minimum Gasteiger partial charge on any atom is -0.495 e. The predicted molar refractivity (Wildman–Crippen MR) is 96.0 cm³/mol. The van der Waals surface area contributed by atoms with Crippen molar-refractivity contribution in [1.29, 1.82) is 0 Å². The predicted octanol–water partition coefficient (Wildman–Crippen LogP) is 5.49. The molecule has 5 nitrogen and oxygen atoms in total. The molecule has 2 aromatic carbocycles. The van der Waals surface area contributed by atoms with Gasteiger partial charge in [0.05, 0.1) is 29.4 Å². The average molecular weight is 466 g/mol. The number of ether oxygens (including phenoxy) is 3. The first-order chi connectivity index (χ1) is 10.9. The number of halogens is 3. The molecule has 0 unspecified atom stereocenters. The summed E-state index contributed by atoms with van der Waals surface area (Å²) in [6, 6.07) is 8.29. The first-order valence-corrected chi connectivity index (χ1v) is 8.26. The van der Waals surface area contributed by atoms with Crippen molar-refractivity contribution in [2.75, 3.05) is 19.5 Å². The fraction of sp³-hybridized carbons (Fsp3) is 0.133. The number of rotatable bonds is 4. The third-order valence-corrected chi connectivity index (χ3v) is 4.22. The second-order valence-electron chi connectivity index (χ2n) is 4.28. The molecule has 1 N–H and O–H groups in total. The summed E-state index contributed by atoms with van der Waals surface area (Å²) in [4.78, 5) is 12.1. The van der Waals surface area contributed by atoms with Crippen molar-refractivity contribution in [2.24, 2.45) is 0 Å². The molecule has 0 radical (unpaired) electrons. The topological polar surface area (TPSA) is 56.8 Å². The van der Waals surface area contributed by atoms with E-state index in [0.29, 0.717) is 32.4 Å². The van der Waals surface area contributed by atoms with E-state index < -0.39 is 6.09 Å². The molecule has 2 aromatic rings. The Morgan fingerprint density at radius 1 is 1.04 bits per heavy atom. The summed E-state index contributed by atoms with van der Waals surface area (Å²) in [5.41, 5.74) is 0.372. The van der Waals surface area contributed by atoms with E-state index in [0.717, 1.165) is 4.47 Å². The van der Waals surface area contributed by atoms with Crippen LogP contribution in [0.4, 0.5) is 10.5 Å². The molecule has 0 saturated heterocycles. The fourth-order valence-corrected chi connectivity index (χ4v) is 3.12. The van der Waals surface area contributed by atoms with Crippen LogP contribution in [-0.4, -0.2) is 20.3 Å². The zero-order chi connectivity index (χ0) is 17.0. The molecule has 0 spiro atoms. The molecule has 0 aliphatic heterocycles. The lowest BCUT2D eigenvalue weighted by Crippen LogP contribution is -2.17. The maximum Gasteiger partial charge on any atom is 0.417 e. The highest BCUT2D eigenvalue weighted by Crippen LogP contribution is 2.36. The number of carbonyl (C=O) groups excluding carboxylic acids is 1. The first kappa shape index (κ1) is 17.9. The van der Waals surface area contributed by atoms with Crippen LogP contribution in [0.5, 0.6) is 17.2 Å². The van der Waals surface area contributed by atoms with Crippen molar-refractivity contribution in [3.05, 3.63) is 44.3 Å². The zero-order valence-corrected chi connectivity index (χ0v) is 16.1. The Bertz CT molecular complexity index is 740. The number of anilines is 1. The van der Waals surface area contributed by atoms with Crippen molar-refractivity contribution < 1.29 is 19.0 Å². The molecule has 122 valence electrons. The van der Waals surface area contributed by atoms with Gasteiger partial charge >= 0.3 is 6.09 Å². The van der Waals surface area contributed by atoms with Crippen molar-refractivity contribution in [2.45, 2.75) is 0 Å². The average Bonchev–Trinajstić information content (AvgIpc) is 2.50. The van der Waals surface area contributed by atoms with Crippen LogP contribution in [0.25, 0.3) is 0 Å². The van der Waals surface area contributed by atoms with E-state index in [4.69, 9.17) is 25.8 Å². The summed E-state index contributed by atoms with van der Waals surface area (Å²) in [5.74, 6) is 1.22. The van der Waals surface area contributed by atoms with Crippen molar-refractivity contribution in [3.63, 3.8) is 0 Å². The maximum atomic E-state index is 12.1. The lowest BCUT2D eigenvalue weighted by molar-refractivity contribution is 0.214. The van der Waals surface area contributed by atoms with Gasteiger partial charge in [0.15, 0.2) is 0 Å². The molecule has 8 heteroatoms. The zero-order valence-electron chi connectivity index (χ0n) is 12.2. The van der Waals surface area contributed by atoms with Crippen LogP contribution in [0.15, 0.2) is 39.3 Å². The van der Waals surface area contributed by atoms with E-state index in [-0.39, 0.29) is 0 Å². The lowest BCUT2D eigenvalue weighted by Gasteiger charge is -2.13.